The van der Waals surface area contributed by atoms with Crippen molar-refractivity contribution in [1.82, 2.24) is 19.9 Å². The Balaban J connectivity index is 2.20. The van der Waals surface area contributed by atoms with E-state index in [4.69, 9.17) is 5.84 Å². The summed E-state index contributed by atoms with van der Waals surface area (Å²) in [5, 5.41) is 0. The third kappa shape index (κ3) is 3.70. The highest BCUT2D eigenvalue weighted by Gasteiger charge is 2.20. The molecule has 1 fully saturated rings. The summed E-state index contributed by atoms with van der Waals surface area (Å²) in [4.78, 5) is 20.1. The fourth-order valence-corrected chi connectivity index (χ4v) is 2.47. The van der Waals surface area contributed by atoms with Crippen LogP contribution in [0.15, 0.2) is 0 Å². The van der Waals surface area contributed by atoms with Crippen molar-refractivity contribution < 1.29 is 0 Å². The van der Waals surface area contributed by atoms with Crippen LogP contribution in [-0.2, 0) is 0 Å². The van der Waals surface area contributed by atoms with Crippen LogP contribution in [-0.4, -0.2) is 65.7 Å². The molecule has 118 valence electrons. The molecule has 0 radical (unpaired) electrons. The van der Waals surface area contributed by atoms with Gasteiger partial charge in [0.25, 0.3) is 0 Å². The lowest BCUT2D eigenvalue weighted by molar-refractivity contribution is 0.270. The molecule has 0 bridgehead atoms. The van der Waals surface area contributed by atoms with E-state index >= 15 is 0 Å². The first-order chi connectivity index (χ1) is 10.2. The first-order valence-electron chi connectivity index (χ1n) is 7.66. The standard InChI is InChI=1S/C13H26N8/c1-4-19-7-9-21(10-8-19)13-16-11(18-14)15-12(17-13)20(5-2)6-3/h4-10,14H2,1-3H3,(H,15,16,17,18). The van der Waals surface area contributed by atoms with Gasteiger partial charge in [-0.1, -0.05) is 6.92 Å². The second kappa shape index (κ2) is 7.37. The molecule has 0 spiro atoms. The second-order valence-electron chi connectivity index (χ2n) is 5.00. The number of likely N-dealkylation sites (N-methyl/N-ethyl adjacent to an activating group) is 1. The number of hydrogen-bond acceptors (Lipinski definition) is 8. The summed E-state index contributed by atoms with van der Waals surface area (Å²) in [6.07, 6.45) is 0. The summed E-state index contributed by atoms with van der Waals surface area (Å²) in [6, 6.07) is 0. The fourth-order valence-electron chi connectivity index (χ4n) is 2.47. The van der Waals surface area contributed by atoms with Crippen molar-refractivity contribution in [3.8, 4) is 0 Å². The van der Waals surface area contributed by atoms with Gasteiger partial charge in [-0.25, -0.2) is 5.84 Å². The van der Waals surface area contributed by atoms with E-state index in [1.807, 2.05) is 0 Å². The Morgan fingerprint density at radius 1 is 1.05 bits per heavy atom. The largest absolute Gasteiger partial charge is 0.341 e. The normalized spacial score (nSPS) is 16.1. The molecule has 2 heterocycles. The lowest BCUT2D eigenvalue weighted by Crippen LogP contribution is -2.47. The van der Waals surface area contributed by atoms with E-state index in [1.165, 1.54) is 0 Å². The number of nitrogen functional groups attached to an aromatic ring is 1. The maximum Gasteiger partial charge on any atom is 0.243 e. The van der Waals surface area contributed by atoms with Gasteiger partial charge in [-0.2, -0.15) is 15.0 Å². The van der Waals surface area contributed by atoms with E-state index in [-0.39, 0.29) is 0 Å². The molecular weight excluding hydrogens is 268 g/mol. The highest BCUT2D eigenvalue weighted by atomic mass is 15.4. The van der Waals surface area contributed by atoms with E-state index in [9.17, 15) is 0 Å². The minimum Gasteiger partial charge on any atom is -0.341 e. The van der Waals surface area contributed by atoms with Crippen molar-refractivity contribution in [2.75, 3.05) is 61.0 Å². The Bertz CT molecular complexity index is 440. The third-order valence-corrected chi connectivity index (χ3v) is 3.89. The molecule has 3 N–H and O–H groups in total. The number of nitrogens with zero attached hydrogens (tertiary/aromatic N) is 6. The Morgan fingerprint density at radius 2 is 1.71 bits per heavy atom. The van der Waals surface area contributed by atoms with Gasteiger partial charge in [0.2, 0.25) is 17.8 Å². The third-order valence-electron chi connectivity index (χ3n) is 3.89. The molecule has 0 amide bonds. The zero-order chi connectivity index (χ0) is 15.2. The SMILES string of the molecule is CCN1CCN(c2nc(NN)nc(N(CC)CC)n2)CC1. The number of hydrogen-bond donors (Lipinski definition) is 2. The predicted octanol–water partition coefficient (Wildman–Crippen LogP) is 0.145. The fraction of sp³-hybridized carbons (Fsp3) is 0.769. The average molecular weight is 294 g/mol. The average Bonchev–Trinajstić information content (AvgIpc) is 2.55. The van der Waals surface area contributed by atoms with Crippen molar-refractivity contribution in [3.05, 3.63) is 0 Å². The highest BCUT2D eigenvalue weighted by molar-refractivity contribution is 5.45. The first kappa shape index (κ1) is 15.7. The summed E-state index contributed by atoms with van der Waals surface area (Å²) in [6.45, 7) is 13.1. The van der Waals surface area contributed by atoms with Crippen molar-refractivity contribution in [2.24, 2.45) is 5.84 Å². The van der Waals surface area contributed by atoms with Gasteiger partial charge in [0, 0.05) is 39.3 Å². The molecule has 1 aromatic heterocycles. The number of nitrogens with one attached hydrogen (secondary N) is 1. The molecular formula is C13H26N8. The molecule has 8 nitrogen and oxygen atoms in total. The van der Waals surface area contributed by atoms with Gasteiger partial charge in [-0.05, 0) is 20.4 Å². The summed E-state index contributed by atoms with van der Waals surface area (Å²) >= 11 is 0. The van der Waals surface area contributed by atoms with Crippen LogP contribution < -0.4 is 21.1 Å². The van der Waals surface area contributed by atoms with Crippen molar-refractivity contribution in [3.63, 3.8) is 0 Å². The lowest BCUT2D eigenvalue weighted by atomic mass is 10.3. The number of anilines is 3. The van der Waals surface area contributed by atoms with Crippen molar-refractivity contribution in [2.45, 2.75) is 20.8 Å². The van der Waals surface area contributed by atoms with E-state index in [1.54, 1.807) is 0 Å². The van der Waals surface area contributed by atoms with Gasteiger partial charge in [0.15, 0.2) is 0 Å². The molecule has 1 aliphatic heterocycles. The molecule has 0 aromatic carbocycles. The van der Waals surface area contributed by atoms with Crippen LogP contribution in [0.5, 0.6) is 0 Å². The summed E-state index contributed by atoms with van der Waals surface area (Å²) in [5.41, 5.74) is 2.54. The number of nitrogens with two attached hydrogens (primary N) is 1. The van der Waals surface area contributed by atoms with Crippen LogP contribution in [0.25, 0.3) is 0 Å². The van der Waals surface area contributed by atoms with Crippen molar-refractivity contribution >= 4 is 17.8 Å². The van der Waals surface area contributed by atoms with Gasteiger partial charge in [-0.3, -0.25) is 5.43 Å². The second-order valence-corrected chi connectivity index (χ2v) is 5.00. The van der Waals surface area contributed by atoms with Crippen molar-refractivity contribution in [1.29, 1.82) is 0 Å². The Morgan fingerprint density at radius 3 is 2.24 bits per heavy atom. The molecule has 0 unspecified atom stereocenters. The van der Waals surface area contributed by atoms with Crippen LogP contribution in [0, 0.1) is 0 Å². The molecule has 21 heavy (non-hydrogen) atoms. The van der Waals surface area contributed by atoms with E-state index in [0.29, 0.717) is 17.8 Å². The Kier molecular flexibility index (Phi) is 5.51. The van der Waals surface area contributed by atoms with Crippen LogP contribution in [0.2, 0.25) is 0 Å². The Hall–Kier alpha value is -1.67. The lowest BCUT2D eigenvalue weighted by Gasteiger charge is -2.34. The molecule has 2 rings (SSSR count). The number of piperazine rings is 1. The van der Waals surface area contributed by atoms with E-state index < -0.39 is 0 Å². The highest BCUT2D eigenvalue weighted by Crippen LogP contribution is 2.17. The molecule has 0 atom stereocenters. The molecule has 1 aromatic rings. The maximum absolute atomic E-state index is 5.50. The monoisotopic (exact) mass is 294 g/mol. The van der Waals surface area contributed by atoms with Crippen LogP contribution >= 0.6 is 0 Å². The number of rotatable bonds is 6. The van der Waals surface area contributed by atoms with Crippen LogP contribution in [0.3, 0.4) is 0 Å². The smallest absolute Gasteiger partial charge is 0.243 e. The van der Waals surface area contributed by atoms with E-state index in [2.05, 4.69) is 55.8 Å². The van der Waals surface area contributed by atoms with Gasteiger partial charge < -0.3 is 14.7 Å². The minimum atomic E-state index is 0.417. The van der Waals surface area contributed by atoms with Gasteiger partial charge in [-0.15, -0.1) is 0 Å². The topological polar surface area (TPSA) is 86.4 Å². The maximum atomic E-state index is 5.50. The summed E-state index contributed by atoms with van der Waals surface area (Å²) in [7, 11) is 0. The molecule has 1 aliphatic rings. The predicted molar refractivity (Wildman–Crippen MR) is 85.5 cm³/mol. The molecule has 8 heteroatoms. The van der Waals surface area contributed by atoms with Crippen LogP contribution in [0.4, 0.5) is 17.8 Å². The molecule has 0 saturated carbocycles. The summed E-state index contributed by atoms with van der Waals surface area (Å²) in [5.74, 6) is 7.29. The molecule has 0 aliphatic carbocycles. The van der Waals surface area contributed by atoms with Gasteiger partial charge in [0.05, 0.1) is 0 Å². The first-order valence-corrected chi connectivity index (χ1v) is 7.66. The number of hydrazine groups is 1. The zero-order valence-electron chi connectivity index (χ0n) is 13.2. The molecule has 1 saturated heterocycles. The minimum absolute atomic E-state index is 0.417. The van der Waals surface area contributed by atoms with Gasteiger partial charge in [0.1, 0.15) is 0 Å². The Labute approximate surface area is 126 Å². The zero-order valence-corrected chi connectivity index (χ0v) is 13.2. The summed E-state index contributed by atoms with van der Waals surface area (Å²) < 4.78 is 0. The van der Waals surface area contributed by atoms with E-state index in [0.717, 1.165) is 45.8 Å². The number of aromatic nitrogens is 3. The quantitative estimate of drug-likeness (QED) is 0.566. The van der Waals surface area contributed by atoms with Gasteiger partial charge >= 0.3 is 0 Å². The van der Waals surface area contributed by atoms with Crippen LogP contribution in [0.1, 0.15) is 20.8 Å².